The monoisotopic (exact) mass is 335 g/mol. The summed E-state index contributed by atoms with van der Waals surface area (Å²) in [5.41, 5.74) is 1.93. The summed E-state index contributed by atoms with van der Waals surface area (Å²) in [5, 5.41) is 3.34. The van der Waals surface area contributed by atoms with Crippen LogP contribution in [-0.4, -0.2) is 12.0 Å². The van der Waals surface area contributed by atoms with E-state index in [0.29, 0.717) is 27.6 Å². The highest BCUT2D eigenvalue weighted by Gasteiger charge is 2.48. The second-order valence-corrected chi connectivity index (χ2v) is 6.47. The van der Waals surface area contributed by atoms with Crippen molar-refractivity contribution in [1.82, 2.24) is 0 Å². The van der Waals surface area contributed by atoms with Gasteiger partial charge in [0.1, 0.15) is 5.75 Å². The van der Waals surface area contributed by atoms with E-state index in [1.807, 2.05) is 32.0 Å². The largest absolute Gasteiger partial charge is 0.491 e. The summed E-state index contributed by atoms with van der Waals surface area (Å²) < 4.78 is 5.82. The number of anilines is 1. The maximum absolute atomic E-state index is 12.6. The summed E-state index contributed by atoms with van der Waals surface area (Å²) in [4.78, 5) is 11.2. The molecule has 0 saturated heterocycles. The zero-order valence-corrected chi connectivity index (χ0v) is 13.7. The van der Waals surface area contributed by atoms with Gasteiger partial charge in [-0.25, -0.2) is 0 Å². The van der Waals surface area contributed by atoms with Crippen molar-refractivity contribution in [3.63, 3.8) is 0 Å². The molecule has 1 amide bonds. The van der Waals surface area contributed by atoms with Crippen LogP contribution in [-0.2, 0) is 9.67 Å². The fraction of sp³-hybridized carbons (Fsp3) is 0.235. The molecule has 5 heteroatoms. The van der Waals surface area contributed by atoms with Crippen LogP contribution < -0.4 is 10.1 Å². The number of amides is 1. The standard InChI is InChI=1S/C17H15Cl2NO2/c1-10(2)22-15-6-4-3-5-12(15)17(19)13-9-11(18)7-8-14(13)20-16(17)21/h3-10H,1-2H3,(H,20,21). The van der Waals surface area contributed by atoms with Crippen molar-refractivity contribution in [3.05, 3.63) is 58.6 Å². The number of carbonyl (C=O) groups excluding carboxylic acids is 1. The van der Waals surface area contributed by atoms with E-state index in [9.17, 15) is 4.79 Å². The van der Waals surface area contributed by atoms with Crippen LogP contribution in [0.3, 0.4) is 0 Å². The molecule has 0 radical (unpaired) electrons. The quantitative estimate of drug-likeness (QED) is 0.835. The van der Waals surface area contributed by atoms with Gasteiger partial charge in [0.25, 0.3) is 5.91 Å². The Morgan fingerprint density at radius 3 is 2.59 bits per heavy atom. The molecular formula is C17H15Cl2NO2. The first-order chi connectivity index (χ1) is 10.4. The van der Waals surface area contributed by atoms with E-state index in [2.05, 4.69) is 5.32 Å². The number of hydrogen-bond donors (Lipinski definition) is 1. The van der Waals surface area contributed by atoms with Crippen molar-refractivity contribution in [2.24, 2.45) is 0 Å². The number of nitrogens with one attached hydrogen (secondary N) is 1. The highest BCUT2D eigenvalue weighted by Crippen LogP contribution is 2.49. The Labute approximate surface area is 139 Å². The summed E-state index contributed by atoms with van der Waals surface area (Å²) in [5.74, 6) is 0.293. The van der Waals surface area contributed by atoms with Crippen LogP contribution in [0.15, 0.2) is 42.5 Å². The first-order valence-corrected chi connectivity index (χ1v) is 7.75. The third-order valence-electron chi connectivity index (χ3n) is 3.53. The van der Waals surface area contributed by atoms with Crippen LogP contribution in [0.1, 0.15) is 25.0 Å². The molecule has 2 aromatic carbocycles. The number of benzene rings is 2. The number of halogens is 2. The normalized spacial score (nSPS) is 20.0. The summed E-state index contributed by atoms with van der Waals surface area (Å²) >= 11 is 12.9. The fourth-order valence-corrected chi connectivity index (χ4v) is 3.15. The van der Waals surface area contributed by atoms with Crippen LogP contribution in [0.2, 0.25) is 5.02 Å². The molecular weight excluding hydrogens is 321 g/mol. The Hall–Kier alpha value is -1.71. The average Bonchev–Trinajstić information content (AvgIpc) is 2.72. The average molecular weight is 336 g/mol. The maximum atomic E-state index is 12.6. The van der Waals surface area contributed by atoms with Crippen molar-refractivity contribution in [2.75, 3.05) is 5.32 Å². The molecule has 0 saturated carbocycles. The van der Waals surface area contributed by atoms with Crippen LogP contribution >= 0.6 is 23.2 Å². The molecule has 114 valence electrons. The predicted octanol–water partition coefficient (Wildman–Crippen LogP) is 4.56. The zero-order chi connectivity index (χ0) is 15.9. The minimum absolute atomic E-state index is 0.0234. The van der Waals surface area contributed by atoms with Crippen LogP contribution in [0.5, 0.6) is 5.75 Å². The van der Waals surface area contributed by atoms with Gasteiger partial charge in [-0.05, 0) is 38.1 Å². The van der Waals surface area contributed by atoms with E-state index in [-0.39, 0.29) is 12.0 Å². The van der Waals surface area contributed by atoms with Gasteiger partial charge < -0.3 is 10.1 Å². The van der Waals surface area contributed by atoms with Crippen molar-refractivity contribution < 1.29 is 9.53 Å². The van der Waals surface area contributed by atoms with Gasteiger partial charge in [0.2, 0.25) is 0 Å². The van der Waals surface area contributed by atoms with Gasteiger partial charge in [-0.3, -0.25) is 4.79 Å². The first-order valence-electron chi connectivity index (χ1n) is 6.99. The molecule has 1 aliphatic heterocycles. The zero-order valence-electron chi connectivity index (χ0n) is 12.2. The van der Waals surface area contributed by atoms with E-state index in [1.165, 1.54) is 0 Å². The van der Waals surface area contributed by atoms with Gasteiger partial charge in [-0.1, -0.05) is 41.4 Å². The topological polar surface area (TPSA) is 38.3 Å². The van der Waals surface area contributed by atoms with Gasteiger partial charge in [-0.15, -0.1) is 0 Å². The van der Waals surface area contributed by atoms with Gasteiger partial charge in [0, 0.05) is 21.8 Å². The van der Waals surface area contributed by atoms with E-state index in [1.54, 1.807) is 24.3 Å². The van der Waals surface area contributed by atoms with Crippen LogP contribution in [0.25, 0.3) is 0 Å². The molecule has 0 bridgehead atoms. The smallest absolute Gasteiger partial charge is 0.254 e. The van der Waals surface area contributed by atoms with Gasteiger partial charge in [-0.2, -0.15) is 0 Å². The molecule has 1 aliphatic rings. The Balaban J connectivity index is 2.20. The second kappa shape index (κ2) is 5.49. The molecule has 3 rings (SSSR count). The van der Waals surface area contributed by atoms with Gasteiger partial charge in [0.15, 0.2) is 4.87 Å². The number of ether oxygens (including phenoxy) is 1. The van der Waals surface area contributed by atoms with Crippen LogP contribution in [0, 0.1) is 0 Å². The first kappa shape index (κ1) is 15.2. The Morgan fingerprint density at radius 1 is 1.14 bits per heavy atom. The summed E-state index contributed by atoms with van der Waals surface area (Å²) in [6, 6.07) is 12.5. The lowest BCUT2D eigenvalue weighted by atomic mass is 9.90. The highest BCUT2D eigenvalue weighted by atomic mass is 35.5. The minimum atomic E-state index is -1.34. The number of alkyl halides is 1. The lowest BCUT2D eigenvalue weighted by Crippen LogP contribution is -2.30. The fourth-order valence-electron chi connectivity index (χ4n) is 2.62. The molecule has 1 heterocycles. The number of fused-ring (bicyclic) bond motifs is 1. The van der Waals surface area contributed by atoms with Gasteiger partial charge in [0.05, 0.1) is 6.10 Å². The van der Waals surface area contributed by atoms with Crippen molar-refractivity contribution in [3.8, 4) is 5.75 Å². The lowest BCUT2D eigenvalue weighted by Gasteiger charge is -2.24. The Kier molecular flexibility index (Phi) is 3.79. The highest BCUT2D eigenvalue weighted by molar-refractivity contribution is 6.41. The number of carbonyl (C=O) groups is 1. The molecule has 0 aromatic heterocycles. The molecule has 0 spiro atoms. The van der Waals surface area contributed by atoms with Crippen molar-refractivity contribution in [2.45, 2.75) is 24.8 Å². The minimum Gasteiger partial charge on any atom is -0.491 e. The van der Waals surface area contributed by atoms with Gasteiger partial charge >= 0.3 is 0 Å². The van der Waals surface area contributed by atoms with Crippen molar-refractivity contribution >= 4 is 34.8 Å². The molecule has 0 aliphatic carbocycles. The third-order valence-corrected chi connectivity index (χ3v) is 4.35. The van der Waals surface area contributed by atoms with E-state index in [4.69, 9.17) is 27.9 Å². The maximum Gasteiger partial charge on any atom is 0.254 e. The summed E-state index contributed by atoms with van der Waals surface area (Å²) in [6.07, 6.45) is -0.0234. The predicted molar refractivity (Wildman–Crippen MR) is 88.9 cm³/mol. The Morgan fingerprint density at radius 2 is 1.86 bits per heavy atom. The number of para-hydroxylation sites is 1. The van der Waals surface area contributed by atoms with Crippen molar-refractivity contribution in [1.29, 1.82) is 0 Å². The molecule has 22 heavy (non-hydrogen) atoms. The SMILES string of the molecule is CC(C)Oc1ccccc1C1(Cl)C(=O)Nc2ccc(Cl)cc21. The molecule has 2 aromatic rings. The van der Waals surface area contributed by atoms with E-state index < -0.39 is 4.87 Å². The molecule has 3 nitrogen and oxygen atoms in total. The second-order valence-electron chi connectivity index (χ2n) is 5.47. The summed E-state index contributed by atoms with van der Waals surface area (Å²) in [6.45, 7) is 3.86. The van der Waals surface area contributed by atoms with Crippen LogP contribution in [0.4, 0.5) is 5.69 Å². The molecule has 1 unspecified atom stereocenters. The molecule has 1 N–H and O–H groups in total. The third kappa shape index (κ3) is 2.34. The molecule has 0 fully saturated rings. The number of rotatable bonds is 3. The summed E-state index contributed by atoms with van der Waals surface area (Å²) in [7, 11) is 0. The van der Waals surface area contributed by atoms with E-state index in [0.717, 1.165) is 0 Å². The number of hydrogen-bond acceptors (Lipinski definition) is 2. The lowest BCUT2D eigenvalue weighted by molar-refractivity contribution is -0.117. The Bertz CT molecular complexity index is 745. The van der Waals surface area contributed by atoms with E-state index >= 15 is 0 Å². The molecule has 1 atom stereocenters.